The molecule has 2 aromatic rings. The highest BCUT2D eigenvalue weighted by Gasteiger charge is 2.39. The standard InChI is InChI=1S/C18H11ClF3N5O2/c1-10-14(25-3-2-24-10)8-27-9-26-16(18(20,21)22)15(17(27)28)29-13-5-11(7-23)4-12(19)6-13/h2-6,9,24H,1,8H2. The number of halogens is 4. The molecule has 1 aliphatic heterocycles. The van der Waals surface area contributed by atoms with E-state index in [1.165, 1.54) is 24.5 Å². The van der Waals surface area contributed by atoms with E-state index in [4.69, 9.17) is 21.6 Å². The molecule has 0 atom stereocenters. The fourth-order valence-corrected chi connectivity index (χ4v) is 2.63. The van der Waals surface area contributed by atoms with Crippen molar-refractivity contribution in [2.75, 3.05) is 0 Å². The number of nitriles is 1. The predicted octanol–water partition coefficient (Wildman–Crippen LogP) is 3.61. The van der Waals surface area contributed by atoms with E-state index in [1.54, 1.807) is 6.07 Å². The van der Waals surface area contributed by atoms with Crippen molar-refractivity contribution < 1.29 is 17.9 Å². The zero-order chi connectivity index (χ0) is 21.2. The maximum atomic E-state index is 13.4. The molecule has 1 aromatic heterocycles. The summed E-state index contributed by atoms with van der Waals surface area (Å²) in [5, 5.41) is 11.8. The molecule has 0 aliphatic carbocycles. The van der Waals surface area contributed by atoms with Gasteiger partial charge in [0.25, 0.3) is 5.56 Å². The number of benzene rings is 1. The number of ether oxygens (including phenoxy) is 1. The Morgan fingerprint density at radius 1 is 1.34 bits per heavy atom. The number of aromatic nitrogens is 2. The molecule has 3 rings (SSSR count). The van der Waals surface area contributed by atoms with Gasteiger partial charge in [-0.05, 0) is 18.2 Å². The van der Waals surface area contributed by atoms with Crippen molar-refractivity contribution in [3.05, 3.63) is 75.8 Å². The molecule has 29 heavy (non-hydrogen) atoms. The van der Waals surface area contributed by atoms with Gasteiger partial charge in [0.05, 0.1) is 35.9 Å². The van der Waals surface area contributed by atoms with Crippen LogP contribution in [0, 0.1) is 11.3 Å². The first-order valence-corrected chi connectivity index (χ1v) is 8.29. The van der Waals surface area contributed by atoms with E-state index in [-0.39, 0.29) is 22.9 Å². The summed E-state index contributed by atoms with van der Waals surface area (Å²) < 4.78 is 46.3. The lowest BCUT2D eigenvalue weighted by Gasteiger charge is -2.17. The number of allylic oxidation sites excluding steroid dienone is 1. The van der Waals surface area contributed by atoms with E-state index in [2.05, 4.69) is 21.9 Å². The highest BCUT2D eigenvalue weighted by molar-refractivity contribution is 6.30. The van der Waals surface area contributed by atoms with Gasteiger partial charge in [0.1, 0.15) is 5.75 Å². The van der Waals surface area contributed by atoms with Crippen LogP contribution in [0.5, 0.6) is 11.5 Å². The highest BCUT2D eigenvalue weighted by Crippen LogP contribution is 2.35. The van der Waals surface area contributed by atoms with Crippen LogP contribution < -0.4 is 15.6 Å². The first-order valence-electron chi connectivity index (χ1n) is 7.91. The lowest BCUT2D eigenvalue weighted by Crippen LogP contribution is -2.31. The van der Waals surface area contributed by atoms with E-state index in [0.717, 1.165) is 17.0 Å². The van der Waals surface area contributed by atoms with Crippen molar-refractivity contribution in [1.82, 2.24) is 14.9 Å². The predicted molar refractivity (Wildman–Crippen MR) is 98.6 cm³/mol. The molecule has 1 aromatic carbocycles. The van der Waals surface area contributed by atoms with Gasteiger partial charge in [-0.1, -0.05) is 18.2 Å². The third-order valence-electron chi connectivity index (χ3n) is 3.72. The quantitative estimate of drug-likeness (QED) is 0.814. The van der Waals surface area contributed by atoms with Gasteiger partial charge < -0.3 is 10.1 Å². The van der Waals surface area contributed by atoms with Crippen LogP contribution in [0.3, 0.4) is 0 Å². The molecular formula is C18H11ClF3N5O2. The van der Waals surface area contributed by atoms with Crippen LogP contribution >= 0.6 is 11.6 Å². The Morgan fingerprint density at radius 3 is 2.76 bits per heavy atom. The van der Waals surface area contributed by atoms with E-state index in [1.807, 2.05) is 0 Å². The van der Waals surface area contributed by atoms with E-state index >= 15 is 0 Å². The number of hydrogen-bond acceptors (Lipinski definition) is 6. The van der Waals surface area contributed by atoms with Crippen LogP contribution in [0.2, 0.25) is 5.02 Å². The molecule has 0 bridgehead atoms. The van der Waals surface area contributed by atoms with Crippen molar-refractivity contribution in [3.8, 4) is 17.6 Å². The molecule has 0 unspecified atom stereocenters. The maximum Gasteiger partial charge on any atom is 0.437 e. The number of nitrogens with zero attached hydrogens (tertiary/aromatic N) is 4. The third kappa shape index (κ3) is 4.47. The van der Waals surface area contributed by atoms with Gasteiger partial charge in [-0.15, -0.1) is 0 Å². The van der Waals surface area contributed by atoms with Crippen molar-refractivity contribution in [3.63, 3.8) is 0 Å². The van der Waals surface area contributed by atoms with Gasteiger partial charge in [-0.25, -0.2) is 4.98 Å². The summed E-state index contributed by atoms with van der Waals surface area (Å²) in [4.78, 5) is 20.1. The largest absolute Gasteiger partial charge is 0.449 e. The normalized spacial score (nSPS) is 13.5. The van der Waals surface area contributed by atoms with Crippen molar-refractivity contribution in [2.24, 2.45) is 4.99 Å². The van der Waals surface area contributed by atoms with Gasteiger partial charge in [0.15, 0.2) is 5.69 Å². The summed E-state index contributed by atoms with van der Waals surface area (Å²) in [6.45, 7) is 3.53. The molecule has 0 saturated carbocycles. The fraction of sp³-hybridized carbons (Fsp3) is 0.111. The van der Waals surface area contributed by atoms with Gasteiger partial charge >= 0.3 is 6.18 Å². The molecule has 0 radical (unpaired) electrons. The smallest absolute Gasteiger partial charge is 0.437 e. The van der Waals surface area contributed by atoms with Crippen LogP contribution in [0.15, 0.2) is 59.0 Å². The fourth-order valence-electron chi connectivity index (χ4n) is 2.40. The zero-order valence-corrected chi connectivity index (χ0v) is 15.3. The minimum absolute atomic E-state index is 0.0518. The molecule has 0 spiro atoms. The molecule has 1 N–H and O–H groups in total. The summed E-state index contributed by atoms with van der Waals surface area (Å²) in [6.07, 6.45) is -1.26. The molecule has 0 saturated heterocycles. The summed E-state index contributed by atoms with van der Waals surface area (Å²) >= 11 is 5.85. The molecule has 11 heteroatoms. The number of aliphatic imine (C=N–C) groups is 1. The first-order chi connectivity index (χ1) is 13.7. The molecular weight excluding hydrogens is 411 g/mol. The Hall–Kier alpha value is -3.58. The molecule has 0 amide bonds. The van der Waals surface area contributed by atoms with Crippen molar-refractivity contribution in [1.29, 1.82) is 5.26 Å². The highest BCUT2D eigenvalue weighted by atomic mass is 35.5. The average Bonchev–Trinajstić information content (AvgIpc) is 2.65. The number of hydrogen-bond donors (Lipinski definition) is 1. The van der Waals surface area contributed by atoms with Gasteiger partial charge in [-0.2, -0.15) is 18.4 Å². The second-order valence-electron chi connectivity index (χ2n) is 5.76. The van der Waals surface area contributed by atoms with Gasteiger partial charge in [0.2, 0.25) is 5.75 Å². The lowest BCUT2D eigenvalue weighted by atomic mass is 10.2. The van der Waals surface area contributed by atoms with Crippen molar-refractivity contribution >= 4 is 17.3 Å². The second-order valence-corrected chi connectivity index (χ2v) is 6.19. The second kappa shape index (κ2) is 7.81. The topological polar surface area (TPSA) is 92.3 Å². The van der Waals surface area contributed by atoms with Crippen LogP contribution in [-0.4, -0.2) is 15.3 Å². The summed E-state index contributed by atoms with van der Waals surface area (Å²) in [6, 6.07) is 5.44. The number of rotatable bonds is 4. The Bertz CT molecular complexity index is 1150. The minimum Gasteiger partial charge on any atom is -0.449 e. The van der Waals surface area contributed by atoms with Crippen LogP contribution in [0.1, 0.15) is 11.3 Å². The Balaban J connectivity index is 2.08. The Kier molecular flexibility index (Phi) is 5.43. The first kappa shape index (κ1) is 20.2. The Labute approximate surface area is 167 Å². The Morgan fingerprint density at radius 2 is 2.10 bits per heavy atom. The van der Waals surface area contributed by atoms with Crippen LogP contribution in [0.4, 0.5) is 13.2 Å². The molecule has 1 aliphatic rings. The molecule has 0 fully saturated rings. The zero-order valence-electron chi connectivity index (χ0n) is 14.5. The molecule has 2 heterocycles. The van der Waals surface area contributed by atoms with E-state index < -0.39 is 23.2 Å². The van der Waals surface area contributed by atoms with Crippen molar-refractivity contribution in [2.45, 2.75) is 12.7 Å². The monoisotopic (exact) mass is 421 g/mol. The average molecular weight is 422 g/mol. The molecule has 7 nitrogen and oxygen atoms in total. The summed E-state index contributed by atoms with van der Waals surface area (Å²) in [5.74, 6) is -1.25. The maximum absolute atomic E-state index is 13.4. The SMILES string of the molecule is C=C1NC=CN=C1Cn1cnc(C(F)(F)F)c(Oc2cc(Cl)cc(C#N)c2)c1=O. The van der Waals surface area contributed by atoms with E-state index in [9.17, 15) is 18.0 Å². The number of alkyl halides is 3. The summed E-state index contributed by atoms with van der Waals surface area (Å²) in [5.41, 5.74) is -1.82. The third-order valence-corrected chi connectivity index (χ3v) is 3.93. The van der Waals surface area contributed by atoms with Gasteiger partial charge in [0, 0.05) is 17.4 Å². The molecule has 148 valence electrons. The summed E-state index contributed by atoms with van der Waals surface area (Å²) in [7, 11) is 0. The van der Waals surface area contributed by atoms with E-state index in [0.29, 0.717) is 11.4 Å². The van der Waals surface area contributed by atoms with Gasteiger partial charge in [-0.3, -0.25) is 14.4 Å². The lowest BCUT2D eigenvalue weighted by molar-refractivity contribution is -0.142. The van der Waals surface area contributed by atoms with Crippen LogP contribution in [0.25, 0.3) is 0 Å². The minimum atomic E-state index is -4.94. The van der Waals surface area contributed by atoms with Crippen LogP contribution in [-0.2, 0) is 12.7 Å². The number of nitrogens with one attached hydrogen (secondary N) is 1.